The molecule has 8 heteroatoms. The summed E-state index contributed by atoms with van der Waals surface area (Å²) in [5.74, 6) is 1.71. The largest absolute Gasteiger partial charge is 0.447 e. The second-order valence-electron chi connectivity index (χ2n) is 6.91. The highest BCUT2D eigenvalue weighted by Crippen LogP contribution is 2.25. The number of oxazole rings is 1. The fourth-order valence-electron chi connectivity index (χ4n) is 3.05. The molecule has 0 saturated carbocycles. The lowest BCUT2D eigenvalue weighted by molar-refractivity contribution is 0.0749. The van der Waals surface area contributed by atoms with Crippen molar-refractivity contribution in [2.24, 2.45) is 0 Å². The number of rotatable bonds is 9. The normalized spacial score (nSPS) is 11.0. The first-order valence-corrected chi connectivity index (χ1v) is 10.9. The maximum Gasteiger partial charge on any atom is 0.275 e. The Morgan fingerprint density at radius 2 is 1.79 bits per heavy atom. The molecule has 0 aliphatic carbocycles. The average Bonchev–Trinajstić information content (AvgIpc) is 3.33. The van der Waals surface area contributed by atoms with Gasteiger partial charge in [0, 0.05) is 18.8 Å². The Kier molecular flexibility index (Phi) is 7.09. The third kappa shape index (κ3) is 5.06. The predicted molar refractivity (Wildman–Crippen MR) is 113 cm³/mol. The zero-order chi connectivity index (χ0) is 20.8. The van der Waals surface area contributed by atoms with Crippen LogP contribution in [0.1, 0.15) is 54.5 Å². The van der Waals surface area contributed by atoms with Crippen LogP contribution in [0.3, 0.4) is 0 Å². The molecule has 3 aromatic rings. The zero-order valence-electron chi connectivity index (χ0n) is 17.4. The average molecular weight is 414 g/mol. The highest BCUT2D eigenvalue weighted by molar-refractivity contribution is 7.98. The summed E-state index contributed by atoms with van der Waals surface area (Å²) in [5, 5.41) is 9.25. The van der Waals surface area contributed by atoms with E-state index in [9.17, 15) is 4.79 Å². The minimum Gasteiger partial charge on any atom is -0.447 e. The van der Waals surface area contributed by atoms with E-state index >= 15 is 0 Å². The summed E-state index contributed by atoms with van der Waals surface area (Å²) in [4.78, 5) is 18.9. The Hall–Kier alpha value is -2.61. The second kappa shape index (κ2) is 9.73. The summed E-state index contributed by atoms with van der Waals surface area (Å²) in [7, 11) is 0. The third-order valence-corrected chi connectivity index (χ3v) is 5.37. The van der Waals surface area contributed by atoms with E-state index in [-0.39, 0.29) is 5.91 Å². The van der Waals surface area contributed by atoms with Gasteiger partial charge in [0.05, 0.1) is 5.75 Å². The molecule has 2 heterocycles. The van der Waals surface area contributed by atoms with E-state index in [0.717, 1.165) is 42.6 Å². The highest BCUT2D eigenvalue weighted by Gasteiger charge is 2.19. The van der Waals surface area contributed by atoms with Crippen LogP contribution in [0, 0.1) is 13.8 Å². The quantitative estimate of drug-likeness (QED) is 0.483. The minimum atomic E-state index is -0.0765. The molecule has 0 aliphatic heterocycles. The molecular formula is C21H27N5O2S. The van der Waals surface area contributed by atoms with Gasteiger partial charge in [-0.3, -0.25) is 9.36 Å². The summed E-state index contributed by atoms with van der Waals surface area (Å²) in [6, 6.07) is 8.22. The number of hydrogen-bond donors (Lipinski definition) is 0. The van der Waals surface area contributed by atoms with Crippen molar-refractivity contribution >= 4 is 17.7 Å². The number of nitrogens with zero attached hydrogens (tertiary/aromatic N) is 5. The molecular weight excluding hydrogens is 386 g/mol. The fraction of sp³-hybridized carbons (Fsp3) is 0.429. The summed E-state index contributed by atoms with van der Waals surface area (Å²) in [6.07, 6.45) is 3.28. The van der Waals surface area contributed by atoms with E-state index in [4.69, 9.17) is 4.42 Å². The molecule has 0 saturated heterocycles. The van der Waals surface area contributed by atoms with Crippen LogP contribution in [-0.2, 0) is 5.75 Å². The second-order valence-corrected chi connectivity index (χ2v) is 7.85. The van der Waals surface area contributed by atoms with Crippen molar-refractivity contribution in [2.45, 2.75) is 51.4 Å². The molecule has 0 unspecified atom stereocenters. The number of thioether (sulfide) groups is 1. The van der Waals surface area contributed by atoms with Gasteiger partial charge < -0.3 is 9.32 Å². The molecule has 0 N–H and O–H groups in total. The smallest absolute Gasteiger partial charge is 0.275 e. The van der Waals surface area contributed by atoms with Crippen LogP contribution in [0.5, 0.6) is 0 Å². The first-order chi connectivity index (χ1) is 14.0. The molecule has 0 fully saturated rings. The van der Waals surface area contributed by atoms with Gasteiger partial charge in [0.2, 0.25) is 5.89 Å². The molecule has 7 nitrogen and oxygen atoms in total. The number of aromatic nitrogens is 4. The molecule has 154 valence electrons. The minimum absolute atomic E-state index is 0.0765. The van der Waals surface area contributed by atoms with Gasteiger partial charge in [-0.15, -0.1) is 10.2 Å². The lowest BCUT2D eigenvalue weighted by atomic mass is 10.2. The SMILES string of the molecule is CCCN(CCC)C(=O)c1coc(CSc2nnc(C)n2-c2ccc(C)cc2)n1. The van der Waals surface area contributed by atoms with E-state index in [1.165, 1.54) is 23.6 Å². The van der Waals surface area contributed by atoms with E-state index in [1.54, 1.807) is 0 Å². The van der Waals surface area contributed by atoms with E-state index < -0.39 is 0 Å². The molecule has 0 aliphatic rings. The Balaban J connectivity index is 1.70. The zero-order valence-corrected chi connectivity index (χ0v) is 18.2. The van der Waals surface area contributed by atoms with Crippen molar-refractivity contribution in [3.05, 3.63) is 53.5 Å². The number of carbonyl (C=O) groups is 1. The van der Waals surface area contributed by atoms with Crippen molar-refractivity contribution < 1.29 is 9.21 Å². The van der Waals surface area contributed by atoms with Crippen LogP contribution in [0.4, 0.5) is 0 Å². The van der Waals surface area contributed by atoms with Crippen LogP contribution < -0.4 is 0 Å². The first kappa shape index (κ1) is 21.1. The Morgan fingerprint density at radius 1 is 1.10 bits per heavy atom. The molecule has 1 aromatic carbocycles. The van der Waals surface area contributed by atoms with Gasteiger partial charge in [-0.25, -0.2) is 4.98 Å². The lowest BCUT2D eigenvalue weighted by Gasteiger charge is -2.19. The topological polar surface area (TPSA) is 77.0 Å². The molecule has 0 spiro atoms. The van der Waals surface area contributed by atoms with E-state index in [2.05, 4.69) is 48.1 Å². The molecule has 0 bridgehead atoms. The molecule has 2 aromatic heterocycles. The summed E-state index contributed by atoms with van der Waals surface area (Å²) < 4.78 is 7.55. The molecule has 3 rings (SSSR count). The number of aryl methyl sites for hydroxylation is 2. The van der Waals surface area contributed by atoms with Crippen LogP contribution in [0.2, 0.25) is 0 Å². The van der Waals surface area contributed by atoms with Crippen LogP contribution in [0.15, 0.2) is 40.1 Å². The molecule has 0 atom stereocenters. The van der Waals surface area contributed by atoms with Crippen molar-refractivity contribution in [1.29, 1.82) is 0 Å². The summed E-state index contributed by atoms with van der Waals surface area (Å²) in [6.45, 7) is 9.56. The predicted octanol–water partition coefficient (Wildman–Crippen LogP) is 4.43. The van der Waals surface area contributed by atoms with Gasteiger partial charge in [-0.1, -0.05) is 43.3 Å². The lowest BCUT2D eigenvalue weighted by Crippen LogP contribution is -2.32. The molecule has 1 amide bonds. The summed E-state index contributed by atoms with van der Waals surface area (Å²) in [5.41, 5.74) is 2.57. The van der Waals surface area contributed by atoms with Gasteiger partial charge in [-0.05, 0) is 38.8 Å². The van der Waals surface area contributed by atoms with Crippen molar-refractivity contribution in [3.63, 3.8) is 0 Å². The fourth-order valence-corrected chi connectivity index (χ4v) is 3.90. The van der Waals surface area contributed by atoms with Gasteiger partial charge in [0.25, 0.3) is 5.91 Å². The maximum absolute atomic E-state index is 12.7. The van der Waals surface area contributed by atoms with Crippen molar-refractivity contribution in [1.82, 2.24) is 24.6 Å². The van der Waals surface area contributed by atoms with Gasteiger partial charge in [0.15, 0.2) is 10.9 Å². The monoisotopic (exact) mass is 413 g/mol. The standard InChI is InChI=1S/C21H27N5O2S/c1-5-11-25(12-6-2)20(27)18-13-28-19(22-18)14-29-21-24-23-16(4)26(21)17-9-7-15(3)8-10-17/h7-10,13H,5-6,11-12,14H2,1-4H3. The number of carbonyl (C=O) groups excluding carboxylic acids is 1. The molecule has 29 heavy (non-hydrogen) atoms. The number of amides is 1. The first-order valence-electron chi connectivity index (χ1n) is 9.89. The highest BCUT2D eigenvalue weighted by atomic mass is 32.2. The molecule has 0 radical (unpaired) electrons. The van der Waals surface area contributed by atoms with Gasteiger partial charge in [0.1, 0.15) is 12.1 Å². The van der Waals surface area contributed by atoms with Crippen LogP contribution in [-0.4, -0.2) is 43.6 Å². The van der Waals surface area contributed by atoms with E-state index in [0.29, 0.717) is 17.3 Å². The van der Waals surface area contributed by atoms with Crippen LogP contribution >= 0.6 is 11.8 Å². The Labute approximate surface area is 175 Å². The van der Waals surface area contributed by atoms with Gasteiger partial charge >= 0.3 is 0 Å². The maximum atomic E-state index is 12.7. The van der Waals surface area contributed by atoms with E-state index in [1.807, 2.05) is 28.5 Å². The number of benzene rings is 1. The number of hydrogen-bond acceptors (Lipinski definition) is 6. The Bertz CT molecular complexity index is 942. The van der Waals surface area contributed by atoms with Gasteiger partial charge in [-0.2, -0.15) is 0 Å². The van der Waals surface area contributed by atoms with Crippen molar-refractivity contribution in [3.8, 4) is 5.69 Å². The van der Waals surface area contributed by atoms with Crippen LogP contribution in [0.25, 0.3) is 5.69 Å². The van der Waals surface area contributed by atoms with Crippen molar-refractivity contribution in [2.75, 3.05) is 13.1 Å². The third-order valence-electron chi connectivity index (χ3n) is 4.46. The summed E-state index contributed by atoms with van der Waals surface area (Å²) >= 11 is 1.48. The Morgan fingerprint density at radius 3 is 2.45 bits per heavy atom.